The number of nitrogens with one attached hydrogen (secondary N) is 1. The average molecular weight is 280 g/mol. The lowest BCUT2D eigenvalue weighted by molar-refractivity contribution is -0.138. The summed E-state index contributed by atoms with van der Waals surface area (Å²) >= 11 is 0. The van der Waals surface area contributed by atoms with E-state index in [1.165, 1.54) is 4.90 Å². The van der Waals surface area contributed by atoms with Gasteiger partial charge in [0.1, 0.15) is 6.54 Å². The maximum Gasteiger partial charge on any atom is 0.323 e. The molecule has 2 amide bonds. The Morgan fingerprint density at radius 2 is 2.10 bits per heavy atom. The Morgan fingerprint density at radius 3 is 2.60 bits per heavy atom. The molecule has 0 aliphatic rings. The number of carbonyl (C=O) groups is 2. The van der Waals surface area contributed by atoms with Gasteiger partial charge in [-0.25, -0.2) is 4.79 Å². The molecule has 1 aromatic rings. The molecule has 1 aromatic heterocycles. The molecule has 1 unspecified atom stereocenters. The first-order valence-electron chi connectivity index (χ1n) is 6.47. The first-order chi connectivity index (χ1) is 9.43. The fourth-order valence-corrected chi connectivity index (χ4v) is 1.57. The van der Waals surface area contributed by atoms with Crippen LogP contribution in [0, 0.1) is 6.92 Å². The number of hydrogen-bond donors (Lipinski definition) is 2. The zero-order valence-electron chi connectivity index (χ0n) is 12.0. The highest BCUT2D eigenvalue weighted by atomic mass is 16.4. The summed E-state index contributed by atoms with van der Waals surface area (Å²) < 4.78 is 0. The second-order valence-electron chi connectivity index (χ2n) is 4.59. The molecule has 0 aliphatic carbocycles. The lowest BCUT2D eigenvalue weighted by Gasteiger charge is -2.26. The van der Waals surface area contributed by atoms with Crippen molar-refractivity contribution in [2.75, 3.05) is 6.54 Å². The molecule has 0 radical (unpaired) electrons. The van der Waals surface area contributed by atoms with E-state index >= 15 is 0 Å². The van der Waals surface area contributed by atoms with Crippen molar-refractivity contribution in [3.05, 3.63) is 23.8 Å². The Balaban J connectivity index is 2.61. The quantitative estimate of drug-likeness (QED) is 0.815. The minimum absolute atomic E-state index is 0.143. The molecule has 0 bridgehead atoms. The molecule has 7 nitrogen and oxygen atoms in total. The number of carbonyl (C=O) groups excluding carboxylic acids is 1. The topological polar surface area (TPSA) is 95.4 Å². The zero-order valence-corrected chi connectivity index (χ0v) is 12.0. The molecule has 1 atom stereocenters. The minimum atomic E-state index is -1.03. The standard InChI is InChI=1S/C13H20N4O3/c1-4-10(3)17(8-12(18)19)13(20)16-7-11-6-14-9(2)5-15-11/h5-6,10H,4,7-8H2,1-3H3,(H,16,20)(H,18,19). The van der Waals surface area contributed by atoms with Crippen LogP contribution in [0.2, 0.25) is 0 Å². The molecule has 0 saturated heterocycles. The molecular weight excluding hydrogens is 260 g/mol. The van der Waals surface area contributed by atoms with Crippen molar-refractivity contribution in [3.8, 4) is 0 Å². The van der Waals surface area contributed by atoms with E-state index in [9.17, 15) is 9.59 Å². The molecule has 1 rings (SSSR count). The van der Waals surface area contributed by atoms with Crippen LogP contribution >= 0.6 is 0 Å². The Hall–Kier alpha value is -2.18. The van der Waals surface area contributed by atoms with E-state index in [1.54, 1.807) is 12.4 Å². The summed E-state index contributed by atoms with van der Waals surface area (Å²) in [5.41, 5.74) is 1.43. The van der Waals surface area contributed by atoms with Crippen molar-refractivity contribution in [2.24, 2.45) is 0 Å². The third-order valence-electron chi connectivity index (χ3n) is 2.94. The monoisotopic (exact) mass is 280 g/mol. The number of aromatic nitrogens is 2. The highest BCUT2D eigenvalue weighted by molar-refractivity contribution is 5.80. The van der Waals surface area contributed by atoms with Crippen molar-refractivity contribution >= 4 is 12.0 Å². The van der Waals surface area contributed by atoms with E-state index in [-0.39, 0.29) is 19.1 Å². The van der Waals surface area contributed by atoms with E-state index in [4.69, 9.17) is 5.11 Å². The third kappa shape index (κ3) is 4.83. The predicted octanol–water partition coefficient (Wildman–Crippen LogP) is 1.18. The zero-order chi connectivity index (χ0) is 15.1. The Bertz CT molecular complexity index is 461. The highest BCUT2D eigenvalue weighted by Gasteiger charge is 2.21. The van der Waals surface area contributed by atoms with Gasteiger partial charge >= 0.3 is 12.0 Å². The van der Waals surface area contributed by atoms with Crippen molar-refractivity contribution in [2.45, 2.75) is 39.8 Å². The van der Waals surface area contributed by atoms with Gasteiger partial charge in [-0.2, -0.15) is 0 Å². The molecule has 0 aliphatic heterocycles. The summed E-state index contributed by atoms with van der Waals surface area (Å²) in [5, 5.41) is 11.5. The third-order valence-corrected chi connectivity index (χ3v) is 2.94. The van der Waals surface area contributed by atoms with Crippen LogP contribution in [-0.2, 0) is 11.3 Å². The maximum atomic E-state index is 12.0. The molecule has 0 fully saturated rings. The SMILES string of the molecule is CCC(C)N(CC(=O)O)C(=O)NCc1cnc(C)cn1. The fraction of sp³-hybridized carbons (Fsp3) is 0.538. The second-order valence-corrected chi connectivity index (χ2v) is 4.59. The molecule has 7 heteroatoms. The summed E-state index contributed by atoms with van der Waals surface area (Å²) in [7, 11) is 0. The van der Waals surface area contributed by atoms with Gasteiger partial charge in [0.2, 0.25) is 0 Å². The average Bonchev–Trinajstić information content (AvgIpc) is 2.42. The highest BCUT2D eigenvalue weighted by Crippen LogP contribution is 2.04. The van der Waals surface area contributed by atoms with Gasteiger partial charge in [0, 0.05) is 12.2 Å². The van der Waals surface area contributed by atoms with Crippen LogP contribution in [0.5, 0.6) is 0 Å². The van der Waals surface area contributed by atoms with E-state index in [0.29, 0.717) is 12.1 Å². The number of aryl methyl sites for hydroxylation is 1. The lowest BCUT2D eigenvalue weighted by Crippen LogP contribution is -2.47. The van der Waals surface area contributed by atoms with Gasteiger partial charge in [0.25, 0.3) is 0 Å². The largest absolute Gasteiger partial charge is 0.480 e. The summed E-state index contributed by atoms with van der Waals surface area (Å²) in [6.07, 6.45) is 3.89. The molecule has 20 heavy (non-hydrogen) atoms. The van der Waals surface area contributed by atoms with Crippen molar-refractivity contribution in [1.29, 1.82) is 0 Å². The molecule has 2 N–H and O–H groups in total. The van der Waals surface area contributed by atoms with Crippen LogP contribution < -0.4 is 5.32 Å². The summed E-state index contributed by atoms with van der Waals surface area (Å²) in [5.74, 6) is -1.03. The van der Waals surface area contributed by atoms with Crippen LogP contribution in [-0.4, -0.2) is 44.6 Å². The minimum Gasteiger partial charge on any atom is -0.480 e. The Kier molecular flexibility index (Phi) is 5.89. The van der Waals surface area contributed by atoms with E-state index in [2.05, 4.69) is 15.3 Å². The van der Waals surface area contributed by atoms with Gasteiger partial charge in [-0.15, -0.1) is 0 Å². The van der Waals surface area contributed by atoms with Gasteiger partial charge < -0.3 is 15.3 Å². The number of aliphatic carboxylic acids is 1. The van der Waals surface area contributed by atoms with Gasteiger partial charge in [0.05, 0.1) is 24.1 Å². The lowest BCUT2D eigenvalue weighted by atomic mass is 10.2. The number of nitrogens with zero attached hydrogens (tertiary/aromatic N) is 3. The first kappa shape index (κ1) is 15.9. The van der Waals surface area contributed by atoms with Gasteiger partial charge in [-0.05, 0) is 20.3 Å². The van der Waals surface area contributed by atoms with Crippen LogP contribution in [0.25, 0.3) is 0 Å². The number of amides is 2. The van der Waals surface area contributed by atoms with Gasteiger partial charge in [-0.1, -0.05) is 6.92 Å². The fourth-order valence-electron chi connectivity index (χ4n) is 1.57. The van der Waals surface area contributed by atoms with Crippen LogP contribution in [0.1, 0.15) is 31.7 Å². The predicted molar refractivity (Wildman–Crippen MR) is 73.1 cm³/mol. The summed E-state index contributed by atoms with van der Waals surface area (Å²) in [6.45, 7) is 5.44. The van der Waals surface area contributed by atoms with E-state index < -0.39 is 12.0 Å². The number of urea groups is 1. The second kappa shape index (κ2) is 7.42. The van der Waals surface area contributed by atoms with Gasteiger partial charge in [0.15, 0.2) is 0 Å². The number of rotatable bonds is 6. The first-order valence-corrected chi connectivity index (χ1v) is 6.47. The van der Waals surface area contributed by atoms with E-state index in [0.717, 1.165) is 5.69 Å². The smallest absolute Gasteiger partial charge is 0.323 e. The molecule has 0 saturated carbocycles. The molecule has 0 spiro atoms. The number of carboxylic acids is 1. The number of hydrogen-bond acceptors (Lipinski definition) is 4. The maximum absolute atomic E-state index is 12.0. The van der Waals surface area contributed by atoms with E-state index in [1.807, 2.05) is 20.8 Å². The van der Waals surface area contributed by atoms with Gasteiger partial charge in [-0.3, -0.25) is 14.8 Å². The molecular formula is C13H20N4O3. The van der Waals surface area contributed by atoms with Crippen molar-refractivity contribution in [1.82, 2.24) is 20.2 Å². The Morgan fingerprint density at radius 1 is 1.40 bits per heavy atom. The Labute approximate surface area is 118 Å². The van der Waals surface area contributed by atoms with Crippen LogP contribution in [0.3, 0.4) is 0 Å². The molecule has 110 valence electrons. The van der Waals surface area contributed by atoms with Crippen LogP contribution in [0.4, 0.5) is 4.79 Å². The summed E-state index contributed by atoms with van der Waals surface area (Å²) in [4.78, 5) is 32.3. The molecule has 1 heterocycles. The van der Waals surface area contributed by atoms with Crippen molar-refractivity contribution < 1.29 is 14.7 Å². The summed E-state index contributed by atoms with van der Waals surface area (Å²) in [6, 6.07) is -0.556. The van der Waals surface area contributed by atoms with Crippen molar-refractivity contribution in [3.63, 3.8) is 0 Å². The normalized spacial score (nSPS) is 11.8. The number of carboxylic acid groups (broad SMARTS) is 1. The molecule has 0 aromatic carbocycles. The van der Waals surface area contributed by atoms with Crippen LogP contribution in [0.15, 0.2) is 12.4 Å².